The second-order valence-corrected chi connectivity index (χ2v) is 13.9. The minimum atomic E-state index is -0.387. The molecular weight excluding hydrogens is 584 g/mol. The number of hydrogen-bond donors (Lipinski definition) is 2. The van der Waals surface area contributed by atoms with Gasteiger partial charge in [0.25, 0.3) is 0 Å². The molecular formula is C37H56N2O7. The Kier molecular flexibility index (Phi) is 12.8. The third-order valence-corrected chi connectivity index (χ3v) is 9.62. The maximum Gasteiger partial charge on any atom is 0.166 e. The summed E-state index contributed by atoms with van der Waals surface area (Å²) in [4.78, 5) is 18.4. The lowest BCUT2D eigenvalue weighted by Crippen LogP contribution is -2.52. The molecule has 2 heterocycles. The summed E-state index contributed by atoms with van der Waals surface area (Å²) in [6, 6.07) is 11.1. The molecule has 46 heavy (non-hydrogen) atoms. The number of Topliss-reactive ketones (excluding diaryl/α,β-unsaturated/α-hetero) is 1. The van der Waals surface area contributed by atoms with Crippen LogP contribution in [0.3, 0.4) is 0 Å². The number of ketones is 1. The first-order chi connectivity index (χ1) is 22.0. The van der Waals surface area contributed by atoms with Gasteiger partial charge in [-0.05, 0) is 85.8 Å². The Morgan fingerprint density at radius 3 is 1.41 bits per heavy atom. The van der Waals surface area contributed by atoms with Crippen LogP contribution >= 0.6 is 0 Å². The molecule has 9 heteroatoms. The van der Waals surface area contributed by atoms with Crippen LogP contribution in [-0.4, -0.2) is 104 Å². The molecule has 2 N–H and O–H groups in total. The fourth-order valence-corrected chi connectivity index (χ4v) is 6.98. The van der Waals surface area contributed by atoms with Crippen molar-refractivity contribution in [3.63, 3.8) is 0 Å². The number of hydrogen-bond acceptors (Lipinski definition) is 9. The quantitative estimate of drug-likeness (QED) is 0.259. The van der Waals surface area contributed by atoms with Gasteiger partial charge >= 0.3 is 0 Å². The molecule has 6 atom stereocenters. The van der Waals surface area contributed by atoms with Crippen molar-refractivity contribution in [3.8, 4) is 23.0 Å². The van der Waals surface area contributed by atoms with E-state index in [2.05, 4.69) is 49.6 Å². The summed E-state index contributed by atoms with van der Waals surface area (Å²) in [5.74, 6) is 4.02. The van der Waals surface area contributed by atoms with Crippen LogP contribution in [0.15, 0.2) is 36.4 Å². The third-order valence-electron chi connectivity index (χ3n) is 9.62. The standard InChI is InChI=1S/C37H56N2O7/c1-23(2)21-45-35-15-27(9-11-33(35)43-7)29-13-31(19-40)38(17-29)25(5)37(42)26(6)39-18-30(14-32(39)20-41)28-10-12-34(44-8)36(16-28)46-22-24(3)4/h9-12,15-16,23-26,29-32,40-41H,13-14,17-22H2,1-8H3/t25?,26?,29-,30-,31-,32-/m1/s1. The molecule has 0 spiro atoms. The van der Waals surface area contributed by atoms with Crippen LogP contribution in [0.25, 0.3) is 0 Å². The number of likely N-dealkylation sites (tertiary alicyclic amines) is 2. The van der Waals surface area contributed by atoms with Gasteiger partial charge in [0.1, 0.15) is 0 Å². The van der Waals surface area contributed by atoms with Gasteiger partial charge in [-0.1, -0.05) is 39.8 Å². The Bertz CT molecular complexity index is 1190. The second kappa shape index (κ2) is 16.3. The highest BCUT2D eigenvalue weighted by Gasteiger charge is 2.43. The molecule has 0 radical (unpaired) electrons. The lowest BCUT2D eigenvalue weighted by Gasteiger charge is -2.35. The molecule has 2 aromatic rings. The fraction of sp³-hybridized carbons (Fsp3) is 0.649. The molecule has 2 saturated heterocycles. The van der Waals surface area contributed by atoms with Crippen LogP contribution in [0, 0.1) is 11.8 Å². The van der Waals surface area contributed by atoms with Crippen molar-refractivity contribution in [1.29, 1.82) is 0 Å². The SMILES string of the molecule is COc1ccc([C@@H]2C[C@H](CO)N(C(C)C(=O)C(C)N3C[C@H](c4ccc(OC)c(OCC(C)C)c4)C[C@@H]3CO)C2)cc1OCC(C)C. The Balaban J connectivity index is 1.47. The Labute approximate surface area is 275 Å². The minimum absolute atomic E-state index is 0.0148. The number of rotatable bonds is 16. The maximum atomic E-state index is 14.1. The number of ether oxygens (including phenoxy) is 4. The molecule has 2 unspecified atom stereocenters. The molecule has 0 bridgehead atoms. The van der Waals surface area contributed by atoms with Crippen LogP contribution in [0.2, 0.25) is 0 Å². The number of benzene rings is 2. The number of aliphatic hydroxyl groups excluding tert-OH is 2. The number of methoxy groups -OCH3 is 2. The van der Waals surface area contributed by atoms with Crippen LogP contribution in [-0.2, 0) is 4.79 Å². The van der Waals surface area contributed by atoms with E-state index in [-0.39, 0.29) is 55.0 Å². The monoisotopic (exact) mass is 640 g/mol. The normalized spacial score (nSPS) is 23.6. The molecule has 2 fully saturated rings. The average Bonchev–Trinajstić information content (AvgIpc) is 3.70. The first kappa shape index (κ1) is 36.0. The summed E-state index contributed by atoms with van der Waals surface area (Å²) < 4.78 is 23.2. The zero-order valence-electron chi connectivity index (χ0n) is 29.1. The highest BCUT2D eigenvalue weighted by molar-refractivity contribution is 5.88. The van der Waals surface area contributed by atoms with Gasteiger partial charge in [0.15, 0.2) is 28.8 Å². The van der Waals surface area contributed by atoms with Gasteiger partial charge in [-0.15, -0.1) is 0 Å². The van der Waals surface area contributed by atoms with Crippen LogP contribution in [0.4, 0.5) is 0 Å². The molecule has 0 saturated carbocycles. The summed E-state index contributed by atoms with van der Waals surface area (Å²) in [6.07, 6.45) is 1.50. The molecule has 2 aliphatic heterocycles. The fourth-order valence-electron chi connectivity index (χ4n) is 6.98. The average molecular weight is 641 g/mol. The van der Waals surface area contributed by atoms with E-state index >= 15 is 0 Å². The highest BCUT2D eigenvalue weighted by Crippen LogP contribution is 2.40. The zero-order valence-corrected chi connectivity index (χ0v) is 29.1. The summed E-state index contributed by atoms with van der Waals surface area (Å²) >= 11 is 0. The smallest absolute Gasteiger partial charge is 0.166 e. The zero-order chi connectivity index (χ0) is 33.5. The molecule has 256 valence electrons. The molecule has 4 rings (SSSR count). The lowest BCUT2D eigenvalue weighted by molar-refractivity contribution is -0.129. The molecule has 0 aliphatic carbocycles. The van der Waals surface area contributed by atoms with Crippen molar-refractivity contribution in [2.24, 2.45) is 11.8 Å². The van der Waals surface area contributed by atoms with Gasteiger partial charge in [0.05, 0.1) is 52.7 Å². The van der Waals surface area contributed by atoms with E-state index in [1.807, 2.05) is 38.1 Å². The van der Waals surface area contributed by atoms with E-state index in [1.54, 1.807) is 14.2 Å². The predicted octanol–water partition coefficient (Wildman–Crippen LogP) is 5.12. The summed E-state index contributed by atoms with van der Waals surface area (Å²) in [5.41, 5.74) is 2.24. The van der Waals surface area contributed by atoms with Gasteiger partial charge in [-0.25, -0.2) is 0 Å². The van der Waals surface area contributed by atoms with E-state index in [0.717, 1.165) is 35.5 Å². The topological polar surface area (TPSA) is 101 Å². The van der Waals surface area contributed by atoms with E-state index < -0.39 is 0 Å². The van der Waals surface area contributed by atoms with Gasteiger partial charge in [-0.2, -0.15) is 0 Å². The third kappa shape index (κ3) is 8.35. The number of carbonyl (C=O) groups excluding carboxylic acids is 1. The van der Waals surface area contributed by atoms with E-state index in [1.165, 1.54) is 0 Å². The minimum Gasteiger partial charge on any atom is -0.493 e. The maximum absolute atomic E-state index is 14.1. The van der Waals surface area contributed by atoms with Crippen LogP contribution < -0.4 is 18.9 Å². The van der Waals surface area contributed by atoms with Crippen LogP contribution in [0.5, 0.6) is 23.0 Å². The largest absolute Gasteiger partial charge is 0.493 e. The van der Waals surface area contributed by atoms with Crippen molar-refractivity contribution in [2.45, 2.75) is 90.4 Å². The number of carbonyl (C=O) groups is 1. The molecule has 0 amide bonds. The van der Waals surface area contributed by atoms with Crippen molar-refractivity contribution in [2.75, 3.05) is 53.7 Å². The van der Waals surface area contributed by atoms with Crippen molar-refractivity contribution in [3.05, 3.63) is 47.5 Å². The highest BCUT2D eigenvalue weighted by atomic mass is 16.5. The van der Waals surface area contributed by atoms with Gasteiger partial charge in [0.2, 0.25) is 0 Å². The number of nitrogens with zero attached hydrogens (tertiary/aromatic N) is 2. The molecule has 0 aromatic heterocycles. The summed E-state index contributed by atoms with van der Waals surface area (Å²) in [7, 11) is 3.29. The summed E-state index contributed by atoms with van der Waals surface area (Å²) in [5, 5.41) is 20.7. The second-order valence-electron chi connectivity index (χ2n) is 13.9. The predicted molar refractivity (Wildman–Crippen MR) is 180 cm³/mol. The number of aliphatic hydroxyl groups is 2. The van der Waals surface area contributed by atoms with Crippen molar-refractivity contribution in [1.82, 2.24) is 9.80 Å². The van der Waals surface area contributed by atoms with Gasteiger partial charge in [0, 0.05) is 25.2 Å². The molecule has 9 nitrogen and oxygen atoms in total. The van der Waals surface area contributed by atoms with Gasteiger partial charge in [-0.3, -0.25) is 14.6 Å². The first-order valence-electron chi connectivity index (χ1n) is 16.9. The van der Waals surface area contributed by atoms with E-state index in [9.17, 15) is 15.0 Å². The van der Waals surface area contributed by atoms with E-state index in [4.69, 9.17) is 18.9 Å². The molecule has 2 aromatic carbocycles. The Morgan fingerprint density at radius 2 is 1.09 bits per heavy atom. The lowest BCUT2D eigenvalue weighted by atomic mass is 9.96. The Hall–Kier alpha value is -2.85. The first-order valence-corrected chi connectivity index (χ1v) is 16.9. The van der Waals surface area contributed by atoms with Crippen LogP contribution in [0.1, 0.15) is 77.3 Å². The van der Waals surface area contributed by atoms with Crippen molar-refractivity contribution < 1.29 is 34.0 Å². The van der Waals surface area contributed by atoms with Gasteiger partial charge < -0.3 is 29.2 Å². The summed E-state index contributed by atoms with van der Waals surface area (Å²) in [6.45, 7) is 14.8. The van der Waals surface area contributed by atoms with Crippen molar-refractivity contribution >= 4 is 5.78 Å². The van der Waals surface area contributed by atoms with E-state index in [0.29, 0.717) is 49.6 Å². The Morgan fingerprint density at radius 1 is 0.696 bits per heavy atom. The molecule has 2 aliphatic rings.